The Hall–Kier alpha value is -4.47. The van der Waals surface area contributed by atoms with Gasteiger partial charge in [-0.3, -0.25) is 28.8 Å². The molecule has 4 rings (SSSR count). The molecule has 0 aliphatic carbocycles. The number of unbranched alkanes of at least 4 members (excludes halogenated alkanes) is 9. The maximum atomic E-state index is 14.4. The molecule has 5 N–H and O–H groups in total. The molecular weight excluding hydrogens is 861 g/mol. The van der Waals surface area contributed by atoms with Crippen LogP contribution in [0.3, 0.4) is 0 Å². The molecule has 342 valence electrons. The van der Waals surface area contributed by atoms with Gasteiger partial charge in [-0.05, 0) is 92.8 Å². The summed E-state index contributed by atoms with van der Waals surface area (Å²) in [7, 11) is 0. The van der Waals surface area contributed by atoms with E-state index in [4.69, 9.17) is 17.0 Å². The number of carbonyl (C=O) groups excluding carboxylic acids is 3. The summed E-state index contributed by atoms with van der Waals surface area (Å²) in [5.74, 6) is -7.62. The molecule has 0 heterocycles. The van der Waals surface area contributed by atoms with Crippen LogP contribution in [-0.2, 0) is 28.8 Å². The first-order chi connectivity index (χ1) is 29.9. The minimum absolute atomic E-state index is 0.240. The molecule has 0 radical (unpaired) electrons. The van der Waals surface area contributed by atoms with Gasteiger partial charge in [0.15, 0.2) is 0 Å². The van der Waals surface area contributed by atoms with Gasteiger partial charge in [-0.2, -0.15) is 0 Å². The smallest absolute Gasteiger partial charge is 0.325 e. The van der Waals surface area contributed by atoms with Gasteiger partial charge in [-0.25, -0.2) is 0 Å². The van der Waals surface area contributed by atoms with Gasteiger partial charge < -0.3 is 30.7 Å². The third kappa shape index (κ3) is 15.1. The topological polar surface area (TPSA) is 196 Å². The molecule has 0 aromatic heterocycles. The summed E-state index contributed by atoms with van der Waals surface area (Å²) in [6.07, 6.45) is 10.8. The van der Waals surface area contributed by atoms with E-state index in [1.807, 2.05) is 48.5 Å². The zero-order chi connectivity index (χ0) is 46.3. The summed E-state index contributed by atoms with van der Waals surface area (Å²) in [5, 5.41) is 38.8. The zero-order valence-corrected chi connectivity index (χ0v) is 39.4. The van der Waals surface area contributed by atoms with Crippen molar-refractivity contribution in [3.8, 4) is 5.75 Å². The number of amides is 2. The fourth-order valence-electron chi connectivity index (χ4n) is 7.73. The molecule has 15 heteroatoms. The highest BCUT2D eigenvalue weighted by Gasteiger charge is 2.40. The number of hydrogen-bond acceptors (Lipinski definition) is 10. The van der Waals surface area contributed by atoms with Gasteiger partial charge in [-0.15, -0.1) is 11.8 Å². The number of thioether (sulfide) groups is 2. The van der Waals surface area contributed by atoms with Crippen LogP contribution in [0.2, 0.25) is 0 Å². The Bertz CT molecular complexity index is 2210. The van der Waals surface area contributed by atoms with E-state index in [9.17, 15) is 44.1 Å². The van der Waals surface area contributed by atoms with Crippen molar-refractivity contribution in [1.29, 1.82) is 0 Å². The van der Waals surface area contributed by atoms with E-state index in [1.165, 1.54) is 84.4 Å². The van der Waals surface area contributed by atoms with Crippen LogP contribution >= 0.6 is 35.7 Å². The maximum Gasteiger partial charge on any atom is 0.325 e. The minimum atomic E-state index is -1.48. The van der Waals surface area contributed by atoms with E-state index >= 15 is 0 Å². The van der Waals surface area contributed by atoms with E-state index in [2.05, 4.69) is 17.6 Å². The number of nitrogens with one attached hydrogen (secondary N) is 2. The predicted molar refractivity (Wildman–Crippen MR) is 257 cm³/mol. The molecule has 12 nitrogen and oxygen atoms in total. The van der Waals surface area contributed by atoms with Crippen LogP contribution in [0.15, 0.2) is 54.6 Å². The van der Waals surface area contributed by atoms with Crippen LogP contribution < -0.4 is 15.4 Å². The van der Waals surface area contributed by atoms with Gasteiger partial charge in [0.05, 0.1) is 16.6 Å². The van der Waals surface area contributed by atoms with E-state index in [0.717, 1.165) is 58.0 Å². The first-order valence-corrected chi connectivity index (χ1v) is 24.2. The molecule has 5 atom stereocenters. The average molecular weight is 923 g/mol. The molecule has 0 spiro atoms. The fraction of sp³-hybridized carbons (Fsp3) is 0.521. The summed E-state index contributed by atoms with van der Waals surface area (Å²) in [6, 6.07) is 14.7. The average Bonchev–Trinajstić information content (AvgIpc) is 3.23. The second kappa shape index (κ2) is 24.6. The number of aliphatic carboxylic acids is 3. The van der Waals surface area contributed by atoms with Gasteiger partial charge in [-0.1, -0.05) is 131 Å². The molecule has 0 aliphatic rings. The molecule has 4 aromatic rings. The molecule has 63 heavy (non-hydrogen) atoms. The normalized spacial score (nSPS) is 14.2. The lowest BCUT2D eigenvalue weighted by Gasteiger charge is -2.29. The van der Waals surface area contributed by atoms with E-state index < -0.39 is 70.3 Å². The SMILES string of the molecule is CCCCCCCCCCCCSC(=S)SC(CC(CC(CC(C)(C)C(=O)O)C(=O)Oc1ccc2ccc3cccc4ccc1c2c34)C(=O)N[C@@H](C)C(=O)O)C(=O)N[C@@H](C)C(=O)O. The van der Waals surface area contributed by atoms with Crippen molar-refractivity contribution in [2.75, 3.05) is 5.75 Å². The summed E-state index contributed by atoms with van der Waals surface area (Å²) in [5.41, 5.74) is -1.48. The Kier molecular flexibility index (Phi) is 19.9. The lowest BCUT2D eigenvalue weighted by Crippen LogP contribution is -2.47. The highest BCUT2D eigenvalue weighted by molar-refractivity contribution is 8.47. The first-order valence-electron chi connectivity index (χ1n) is 21.9. The molecule has 0 fully saturated rings. The Labute approximate surface area is 383 Å². The summed E-state index contributed by atoms with van der Waals surface area (Å²) < 4.78 is 6.54. The Morgan fingerprint density at radius 1 is 0.683 bits per heavy atom. The standard InChI is InChI=1S/C48H62N2O10S3/c1-6-7-8-9-10-11-12-13-14-15-25-62-47(61)63-38(42(52)50-30(3)44(55)56)27-34(41(51)49-29(2)43(53)54)26-35(28-48(4,5)46(58)59)45(57)60-37-24-22-33-20-19-31-17-16-18-32-21-23-36(37)40(33)39(31)32/h16-24,29-30,34-35,38H,6-15,25-28H2,1-5H3,(H,49,51)(H,50,52)(H,53,54)(H,55,56)(H,58,59)/t29-,30-,34?,35?,38?/m0/s1. The number of ether oxygens (including phenoxy) is 1. The highest BCUT2D eigenvalue weighted by atomic mass is 32.2. The van der Waals surface area contributed by atoms with Crippen LogP contribution in [0, 0.1) is 17.3 Å². The Morgan fingerprint density at radius 3 is 1.78 bits per heavy atom. The zero-order valence-electron chi connectivity index (χ0n) is 36.9. The summed E-state index contributed by atoms with van der Waals surface area (Å²) >= 11 is 8.10. The number of rotatable bonds is 27. The van der Waals surface area contributed by atoms with Gasteiger partial charge in [0, 0.05) is 16.7 Å². The monoisotopic (exact) mass is 922 g/mol. The lowest BCUT2D eigenvalue weighted by molar-refractivity contribution is -0.150. The Balaban J connectivity index is 1.60. The van der Waals surface area contributed by atoms with Crippen molar-refractivity contribution in [3.63, 3.8) is 0 Å². The van der Waals surface area contributed by atoms with Crippen molar-refractivity contribution in [2.24, 2.45) is 17.3 Å². The predicted octanol–water partition coefficient (Wildman–Crippen LogP) is 10.2. The largest absolute Gasteiger partial charge is 0.481 e. The number of hydrogen-bond donors (Lipinski definition) is 5. The van der Waals surface area contributed by atoms with Crippen LogP contribution in [0.1, 0.15) is 118 Å². The quantitative estimate of drug-likeness (QED) is 0.0125. The molecule has 0 aliphatic heterocycles. The van der Waals surface area contributed by atoms with Gasteiger partial charge in [0.2, 0.25) is 11.8 Å². The van der Waals surface area contributed by atoms with Crippen LogP contribution in [0.4, 0.5) is 0 Å². The molecule has 3 unspecified atom stereocenters. The summed E-state index contributed by atoms with van der Waals surface area (Å²) in [6.45, 7) is 7.69. The summed E-state index contributed by atoms with van der Waals surface area (Å²) in [4.78, 5) is 78.5. The van der Waals surface area contributed by atoms with E-state index in [1.54, 1.807) is 6.07 Å². The third-order valence-electron chi connectivity index (χ3n) is 11.5. The van der Waals surface area contributed by atoms with Crippen LogP contribution in [-0.4, -0.2) is 77.6 Å². The maximum absolute atomic E-state index is 14.4. The lowest BCUT2D eigenvalue weighted by atomic mass is 9.78. The van der Waals surface area contributed by atoms with Gasteiger partial charge in [0.1, 0.15) is 21.4 Å². The van der Waals surface area contributed by atoms with Crippen molar-refractivity contribution in [1.82, 2.24) is 10.6 Å². The molecule has 4 aromatic carbocycles. The van der Waals surface area contributed by atoms with E-state index in [0.29, 0.717) is 14.7 Å². The molecule has 0 bridgehead atoms. The number of esters is 1. The fourth-order valence-corrected chi connectivity index (χ4v) is 10.5. The number of thiocarbonyl (C=S) groups is 1. The molecule has 0 saturated heterocycles. The second-order valence-electron chi connectivity index (χ2n) is 17.1. The third-order valence-corrected chi connectivity index (χ3v) is 14.4. The Morgan fingerprint density at radius 2 is 1.21 bits per heavy atom. The number of carboxylic acids is 3. The number of carbonyl (C=O) groups is 6. The van der Waals surface area contributed by atoms with Crippen LogP contribution in [0.5, 0.6) is 5.75 Å². The van der Waals surface area contributed by atoms with Crippen LogP contribution in [0.25, 0.3) is 32.3 Å². The van der Waals surface area contributed by atoms with Crippen molar-refractivity contribution < 1.29 is 48.8 Å². The van der Waals surface area contributed by atoms with Crippen molar-refractivity contribution in [2.45, 2.75) is 135 Å². The van der Waals surface area contributed by atoms with Gasteiger partial charge >= 0.3 is 23.9 Å². The van der Waals surface area contributed by atoms with Crippen molar-refractivity contribution >= 4 is 107 Å². The second-order valence-corrected chi connectivity index (χ2v) is 20.6. The number of carboxylic acid groups (broad SMARTS) is 3. The number of benzene rings is 4. The minimum Gasteiger partial charge on any atom is -0.481 e. The molecular formula is C48H62N2O10S3. The molecule has 2 amide bonds. The van der Waals surface area contributed by atoms with Gasteiger partial charge in [0.25, 0.3) is 0 Å². The van der Waals surface area contributed by atoms with Crippen molar-refractivity contribution in [3.05, 3.63) is 54.6 Å². The first kappa shape index (κ1) is 51.2. The van der Waals surface area contributed by atoms with E-state index in [-0.39, 0.29) is 25.0 Å². The molecule has 0 saturated carbocycles. The highest BCUT2D eigenvalue weighted by Crippen LogP contribution is 2.40.